The number of hydrogen-bond donors (Lipinski definition) is 2. The average molecular weight is 865 g/mol. The fraction of sp³-hybridized carbons (Fsp3) is 0.438. The Kier molecular flexibility index (Phi) is 16.4. The van der Waals surface area contributed by atoms with E-state index in [0.29, 0.717) is 59.0 Å². The van der Waals surface area contributed by atoms with Crippen LogP contribution >= 0.6 is 11.3 Å². The number of anilines is 1. The number of aryl methyl sites for hydroxylation is 1. The first kappa shape index (κ1) is 46.1. The van der Waals surface area contributed by atoms with Crippen molar-refractivity contribution in [3.8, 4) is 27.4 Å². The average Bonchev–Trinajstić information content (AvgIpc) is 3.94. The van der Waals surface area contributed by atoms with E-state index >= 15 is 0 Å². The zero-order valence-corrected chi connectivity index (χ0v) is 37.6. The van der Waals surface area contributed by atoms with Crippen LogP contribution in [0.1, 0.15) is 51.3 Å². The maximum Gasteiger partial charge on any atom is 0.246 e. The number of amides is 3. The Morgan fingerprint density at radius 1 is 0.871 bits per heavy atom. The Labute approximate surface area is 369 Å². The van der Waals surface area contributed by atoms with Gasteiger partial charge in [0.1, 0.15) is 24.4 Å². The van der Waals surface area contributed by atoms with Crippen LogP contribution in [0.5, 0.6) is 5.75 Å². The molecule has 3 heterocycles. The molecule has 13 nitrogen and oxygen atoms in total. The lowest BCUT2D eigenvalue weighted by molar-refractivity contribution is -0.144. The van der Waals surface area contributed by atoms with Crippen molar-refractivity contribution in [3.63, 3.8) is 0 Å². The minimum atomic E-state index is -0.829. The summed E-state index contributed by atoms with van der Waals surface area (Å²) in [6, 6.07) is 25.0. The lowest BCUT2D eigenvalue weighted by Crippen LogP contribution is -2.58. The summed E-state index contributed by atoms with van der Waals surface area (Å²) in [5, 5.41) is 6.90. The molecule has 0 spiro atoms. The number of carbonyl (C=O) groups is 3. The van der Waals surface area contributed by atoms with Gasteiger partial charge in [-0.2, -0.15) is 0 Å². The van der Waals surface area contributed by atoms with Crippen molar-refractivity contribution in [2.75, 3.05) is 71.8 Å². The SMILES string of the molecule is Cc1ncsc1-c1ccc(CNC(=O)[C@@H]2CCCN2C(=O)C(NC(=O)COCCOCCOCCCOc2ccc3nc(-c4ccc(N(C)C)cc4)ccc3c2)C(C)(C)C)cc1. The number of fused-ring (bicyclic) bond motifs is 1. The number of nitrogens with one attached hydrogen (secondary N) is 2. The van der Waals surface area contributed by atoms with Gasteiger partial charge in [0.05, 0.1) is 60.3 Å². The molecule has 0 saturated carbocycles. The molecular formula is C48H60N6O7S. The summed E-state index contributed by atoms with van der Waals surface area (Å²) >= 11 is 1.60. The Morgan fingerprint density at radius 2 is 1.58 bits per heavy atom. The van der Waals surface area contributed by atoms with Gasteiger partial charge in [-0.1, -0.05) is 63.2 Å². The second kappa shape index (κ2) is 22.1. The van der Waals surface area contributed by atoms with Crippen LogP contribution in [-0.2, 0) is 35.1 Å². The molecule has 2 aromatic heterocycles. The van der Waals surface area contributed by atoms with Crippen molar-refractivity contribution in [1.29, 1.82) is 0 Å². The highest BCUT2D eigenvalue weighted by Crippen LogP contribution is 2.29. The molecule has 1 aliphatic rings. The number of nitrogens with zero attached hydrogens (tertiary/aromatic N) is 4. The number of aromatic nitrogens is 2. The third kappa shape index (κ3) is 12.8. The van der Waals surface area contributed by atoms with E-state index in [4.69, 9.17) is 23.9 Å². The molecule has 330 valence electrons. The minimum Gasteiger partial charge on any atom is -0.493 e. The van der Waals surface area contributed by atoms with Crippen molar-refractivity contribution < 1.29 is 33.3 Å². The number of benzene rings is 3. The quantitative estimate of drug-likeness (QED) is 0.0737. The second-order valence-electron chi connectivity index (χ2n) is 16.7. The van der Waals surface area contributed by atoms with Crippen molar-refractivity contribution in [2.24, 2.45) is 5.41 Å². The molecule has 3 amide bonds. The van der Waals surface area contributed by atoms with Crippen molar-refractivity contribution >= 4 is 45.6 Å². The normalized spacial score (nSPS) is 14.5. The van der Waals surface area contributed by atoms with Gasteiger partial charge in [-0.3, -0.25) is 14.4 Å². The van der Waals surface area contributed by atoms with E-state index in [1.165, 1.54) is 0 Å². The first-order valence-corrected chi connectivity index (χ1v) is 22.2. The zero-order valence-electron chi connectivity index (χ0n) is 36.8. The van der Waals surface area contributed by atoms with Gasteiger partial charge in [-0.05, 0) is 72.7 Å². The zero-order chi connectivity index (χ0) is 44.1. The van der Waals surface area contributed by atoms with E-state index < -0.39 is 23.4 Å². The summed E-state index contributed by atoms with van der Waals surface area (Å²) in [4.78, 5) is 54.1. The maximum atomic E-state index is 13.9. The molecule has 1 aliphatic heterocycles. The van der Waals surface area contributed by atoms with Gasteiger partial charge in [0.25, 0.3) is 0 Å². The molecular weight excluding hydrogens is 805 g/mol. The highest BCUT2D eigenvalue weighted by molar-refractivity contribution is 7.13. The number of likely N-dealkylation sites (tertiary alicyclic amines) is 1. The van der Waals surface area contributed by atoms with Crippen molar-refractivity contribution in [2.45, 2.75) is 65.6 Å². The number of rotatable bonds is 21. The van der Waals surface area contributed by atoms with Crippen LogP contribution in [-0.4, -0.2) is 112 Å². The Hall–Kier alpha value is -5.41. The highest BCUT2D eigenvalue weighted by Gasteiger charge is 2.41. The molecule has 2 atom stereocenters. The van der Waals surface area contributed by atoms with Gasteiger partial charge in [-0.25, -0.2) is 9.97 Å². The Morgan fingerprint density at radius 3 is 2.27 bits per heavy atom. The van der Waals surface area contributed by atoms with Gasteiger partial charge in [0, 0.05) is 56.8 Å². The van der Waals surface area contributed by atoms with E-state index in [1.54, 1.807) is 16.2 Å². The topological polar surface area (TPSA) is 144 Å². The molecule has 1 unspecified atom stereocenters. The number of thiazole rings is 1. The summed E-state index contributed by atoms with van der Waals surface area (Å²) in [5.41, 5.74) is 8.35. The molecule has 62 heavy (non-hydrogen) atoms. The lowest BCUT2D eigenvalue weighted by Gasteiger charge is -2.35. The molecule has 14 heteroatoms. The van der Waals surface area contributed by atoms with Crippen LogP contribution in [0.2, 0.25) is 0 Å². The molecule has 2 N–H and O–H groups in total. The van der Waals surface area contributed by atoms with Crippen molar-refractivity contribution in [3.05, 3.63) is 95.6 Å². The monoisotopic (exact) mass is 864 g/mol. The van der Waals surface area contributed by atoms with E-state index in [1.807, 2.05) is 95.8 Å². The molecule has 3 aromatic carbocycles. The molecule has 1 saturated heterocycles. The smallest absolute Gasteiger partial charge is 0.246 e. The van der Waals surface area contributed by atoms with Crippen LogP contribution in [0.25, 0.3) is 32.6 Å². The molecule has 0 bridgehead atoms. The summed E-state index contributed by atoms with van der Waals surface area (Å²) in [6.45, 7) is 10.6. The standard InChI is InChI=1S/C48H60N6O7S/c1-33-44(62-32-50-33)36-12-10-34(11-13-36)30-49-46(56)42-9-7-22-54(42)47(57)45(48(2,3)4)52-43(55)31-60-28-27-59-26-25-58-23-8-24-61-39-19-21-41-37(29-39)16-20-40(51-41)35-14-17-38(18-15-35)53(5)6/h10-21,29,32,42,45H,7-9,22-28,30-31H2,1-6H3,(H,49,56)(H,52,55)/t42-,45?/m0/s1. The summed E-state index contributed by atoms with van der Waals surface area (Å²) < 4.78 is 22.8. The molecule has 0 aliphatic carbocycles. The van der Waals surface area contributed by atoms with Gasteiger partial charge in [0.2, 0.25) is 17.7 Å². The van der Waals surface area contributed by atoms with E-state index in [0.717, 1.165) is 61.7 Å². The second-order valence-corrected chi connectivity index (χ2v) is 17.6. The van der Waals surface area contributed by atoms with Gasteiger partial charge in [-0.15, -0.1) is 11.3 Å². The Bertz CT molecular complexity index is 2240. The summed E-state index contributed by atoms with van der Waals surface area (Å²) in [7, 11) is 4.05. The third-order valence-corrected chi connectivity index (χ3v) is 11.7. The van der Waals surface area contributed by atoms with Crippen LogP contribution in [0.15, 0.2) is 84.4 Å². The van der Waals surface area contributed by atoms with Gasteiger partial charge in [0.15, 0.2) is 0 Å². The molecule has 1 fully saturated rings. The number of hydrogen-bond acceptors (Lipinski definition) is 11. The number of carbonyl (C=O) groups excluding carboxylic acids is 3. The van der Waals surface area contributed by atoms with Crippen LogP contribution in [0.4, 0.5) is 5.69 Å². The summed E-state index contributed by atoms with van der Waals surface area (Å²) in [5.74, 6) is -0.0898. The minimum absolute atomic E-state index is 0.201. The van der Waals surface area contributed by atoms with E-state index in [-0.39, 0.29) is 25.0 Å². The van der Waals surface area contributed by atoms with Gasteiger partial charge >= 0.3 is 0 Å². The number of ether oxygens (including phenoxy) is 4. The largest absolute Gasteiger partial charge is 0.493 e. The fourth-order valence-corrected chi connectivity index (χ4v) is 8.03. The molecule has 5 aromatic rings. The predicted molar refractivity (Wildman–Crippen MR) is 244 cm³/mol. The van der Waals surface area contributed by atoms with Crippen molar-refractivity contribution in [1.82, 2.24) is 25.5 Å². The number of pyridine rings is 1. The first-order valence-electron chi connectivity index (χ1n) is 21.3. The Balaban J connectivity index is 0.823. The predicted octanol–water partition coefficient (Wildman–Crippen LogP) is 7.06. The first-order chi connectivity index (χ1) is 29.9. The van der Waals surface area contributed by atoms with E-state index in [9.17, 15) is 14.4 Å². The molecule has 6 rings (SSSR count). The highest BCUT2D eigenvalue weighted by atomic mass is 32.1. The van der Waals surface area contributed by atoms with E-state index in [2.05, 4.69) is 50.8 Å². The van der Waals surface area contributed by atoms with Crippen LogP contribution in [0, 0.1) is 12.3 Å². The maximum absolute atomic E-state index is 13.9. The van der Waals surface area contributed by atoms with Crippen LogP contribution < -0.4 is 20.3 Å². The third-order valence-electron chi connectivity index (χ3n) is 10.7. The van der Waals surface area contributed by atoms with Gasteiger partial charge < -0.3 is 39.4 Å². The fourth-order valence-electron chi connectivity index (χ4n) is 7.22. The van der Waals surface area contributed by atoms with Crippen LogP contribution in [0.3, 0.4) is 0 Å². The molecule has 0 radical (unpaired) electrons. The lowest BCUT2D eigenvalue weighted by atomic mass is 9.85. The summed E-state index contributed by atoms with van der Waals surface area (Å²) in [6.07, 6.45) is 2.00.